The van der Waals surface area contributed by atoms with Crippen molar-refractivity contribution in [3.8, 4) is 5.75 Å². The smallest absolute Gasteiger partial charge is 0.442 e. The molecule has 128 valence electrons. The van der Waals surface area contributed by atoms with Crippen molar-refractivity contribution in [2.24, 2.45) is 0 Å². The molecule has 0 aromatic heterocycles. The lowest BCUT2D eigenvalue weighted by atomic mass is 10.0. The van der Waals surface area contributed by atoms with Gasteiger partial charge in [-0.15, -0.1) is 0 Å². The zero-order chi connectivity index (χ0) is 17.6. The zero-order valence-corrected chi connectivity index (χ0v) is 13.7. The number of thioether (sulfide) groups is 1. The molecule has 0 aliphatic heterocycles. The van der Waals surface area contributed by atoms with Crippen molar-refractivity contribution in [3.63, 3.8) is 0 Å². The van der Waals surface area contributed by atoms with Crippen LogP contribution >= 0.6 is 11.8 Å². The van der Waals surface area contributed by atoms with E-state index in [-0.39, 0.29) is 11.8 Å². The minimum Gasteiger partial charge on any atom is -0.496 e. The number of ether oxygens (including phenoxy) is 1. The molecule has 2 aromatic carbocycles. The Balaban J connectivity index is 2.09. The fourth-order valence-electron chi connectivity index (χ4n) is 2.15. The molecule has 2 aromatic rings. The molecular weight excluding hydrogens is 339 g/mol. The molecule has 0 aliphatic rings. The van der Waals surface area contributed by atoms with Crippen LogP contribution in [0.15, 0.2) is 48.5 Å². The Morgan fingerprint density at radius 3 is 2.50 bits per heavy atom. The summed E-state index contributed by atoms with van der Waals surface area (Å²) in [6.07, 6.45) is 0.588. The molecule has 0 unspecified atom stereocenters. The summed E-state index contributed by atoms with van der Waals surface area (Å²) in [6.45, 7) is 0. The van der Waals surface area contributed by atoms with Gasteiger partial charge in [-0.2, -0.15) is 13.2 Å². The SMILES string of the molecule is COc1ccc(NC(=O)CSC(F)(F)F)cc1Cc1ccccc1. The van der Waals surface area contributed by atoms with Crippen LogP contribution in [0.1, 0.15) is 11.1 Å². The highest BCUT2D eigenvalue weighted by Gasteiger charge is 2.29. The van der Waals surface area contributed by atoms with E-state index in [4.69, 9.17) is 4.74 Å². The molecule has 0 spiro atoms. The molecule has 0 atom stereocenters. The number of hydrogen-bond acceptors (Lipinski definition) is 3. The molecular formula is C17H16F3NO2S. The van der Waals surface area contributed by atoms with Crippen molar-refractivity contribution in [3.05, 3.63) is 59.7 Å². The minimum atomic E-state index is -4.42. The summed E-state index contributed by atoms with van der Waals surface area (Å²) in [5.41, 5.74) is -2.08. The van der Waals surface area contributed by atoms with Gasteiger partial charge in [0.25, 0.3) is 0 Å². The van der Waals surface area contributed by atoms with Crippen molar-refractivity contribution in [2.75, 3.05) is 18.2 Å². The van der Waals surface area contributed by atoms with E-state index in [2.05, 4.69) is 5.32 Å². The molecule has 24 heavy (non-hydrogen) atoms. The number of benzene rings is 2. The predicted octanol–water partition coefficient (Wildman–Crippen LogP) is 4.48. The Hall–Kier alpha value is -2.15. The van der Waals surface area contributed by atoms with Crippen LogP contribution in [0.4, 0.5) is 18.9 Å². The fraction of sp³-hybridized carbons (Fsp3) is 0.235. The van der Waals surface area contributed by atoms with Gasteiger partial charge in [-0.1, -0.05) is 30.3 Å². The fourth-order valence-corrected chi connectivity index (χ4v) is 2.52. The Morgan fingerprint density at radius 2 is 1.88 bits per heavy atom. The van der Waals surface area contributed by atoms with E-state index in [1.165, 1.54) is 0 Å². The van der Waals surface area contributed by atoms with E-state index in [0.717, 1.165) is 11.1 Å². The number of methoxy groups -OCH3 is 1. The predicted molar refractivity (Wildman–Crippen MR) is 89.4 cm³/mol. The van der Waals surface area contributed by atoms with E-state index < -0.39 is 17.2 Å². The van der Waals surface area contributed by atoms with Crippen LogP contribution in [-0.2, 0) is 11.2 Å². The van der Waals surface area contributed by atoms with Gasteiger partial charge in [0.15, 0.2) is 0 Å². The van der Waals surface area contributed by atoms with Crippen LogP contribution in [0.25, 0.3) is 0 Å². The lowest BCUT2D eigenvalue weighted by molar-refractivity contribution is -0.114. The second kappa shape index (κ2) is 8.10. The molecule has 7 heteroatoms. The Labute approximate surface area is 142 Å². The van der Waals surface area contributed by atoms with Crippen molar-refractivity contribution in [1.82, 2.24) is 0 Å². The monoisotopic (exact) mass is 355 g/mol. The molecule has 1 amide bonds. The summed E-state index contributed by atoms with van der Waals surface area (Å²) in [5, 5.41) is 2.48. The summed E-state index contributed by atoms with van der Waals surface area (Å²) in [7, 11) is 1.54. The average Bonchev–Trinajstić information content (AvgIpc) is 2.54. The molecule has 0 aliphatic carbocycles. The van der Waals surface area contributed by atoms with Gasteiger partial charge in [-0.25, -0.2) is 0 Å². The lowest BCUT2D eigenvalue weighted by Crippen LogP contribution is -2.17. The van der Waals surface area contributed by atoms with Crippen molar-refractivity contribution in [2.45, 2.75) is 11.9 Å². The van der Waals surface area contributed by atoms with Crippen LogP contribution < -0.4 is 10.1 Å². The van der Waals surface area contributed by atoms with Gasteiger partial charge in [0.2, 0.25) is 5.91 Å². The third kappa shape index (κ3) is 5.81. The van der Waals surface area contributed by atoms with Crippen molar-refractivity contribution < 1.29 is 22.7 Å². The largest absolute Gasteiger partial charge is 0.496 e. The van der Waals surface area contributed by atoms with E-state index in [9.17, 15) is 18.0 Å². The molecule has 2 rings (SSSR count). The summed E-state index contributed by atoms with van der Waals surface area (Å²) in [5.74, 6) is -0.724. The number of anilines is 1. The first kappa shape index (κ1) is 18.2. The number of hydrogen-bond donors (Lipinski definition) is 1. The number of rotatable bonds is 6. The molecule has 0 bridgehead atoms. The third-order valence-electron chi connectivity index (χ3n) is 3.17. The number of carbonyl (C=O) groups is 1. The first-order valence-electron chi connectivity index (χ1n) is 7.09. The normalized spacial score (nSPS) is 11.2. The number of nitrogens with one attached hydrogen (secondary N) is 1. The van der Waals surface area contributed by atoms with Crippen molar-refractivity contribution >= 4 is 23.4 Å². The van der Waals surface area contributed by atoms with Crippen molar-refractivity contribution in [1.29, 1.82) is 0 Å². The summed E-state index contributed by atoms with van der Waals surface area (Å²) in [6, 6.07) is 14.7. The molecule has 3 nitrogen and oxygen atoms in total. The van der Waals surface area contributed by atoms with Crippen LogP contribution in [0.3, 0.4) is 0 Å². The quantitative estimate of drug-likeness (QED) is 0.830. The number of alkyl halides is 3. The number of amides is 1. The minimum absolute atomic E-state index is 0.361. The highest BCUT2D eigenvalue weighted by molar-refractivity contribution is 8.00. The van der Waals surface area contributed by atoms with Crippen LogP contribution in [-0.4, -0.2) is 24.3 Å². The molecule has 0 heterocycles. The topological polar surface area (TPSA) is 38.3 Å². The van der Waals surface area contributed by atoms with Gasteiger partial charge in [-0.3, -0.25) is 4.79 Å². The average molecular weight is 355 g/mol. The maximum atomic E-state index is 12.1. The Kier molecular flexibility index (Phi) is 6.14. The number of halogens is 3. The Bertz CT molecular complexity index is 690. The molecule has 0 radical (unpaired) electrons. The second-order valence-electron chi connectivity index (χ2n) is 4.97. The molecule has 0 saturated carbocycles. The van der Waals surface area contributed by atoms with Gasteiger partial charge in [-0.05, 0) is 35.5 Å². The first-order chi connectivity index (χ1) is 11.4. The lowest BCUT2D eigenvalue weighted by Gasteiger charge is -2.12. The zero-order valence-electron chi connectivity index (χ0n) is 12.9. The van der Waals surface area contributed by atoms with Gasteiger partial charge in [0.1, 0.15) is 5.75 Å². The van der Waals surface area contributed by atoms with Gasteiger partial charge in [0, 0.05) is 17.7 Å². The Morgan fingerprint density at radius 1 is 1.17 bits per heavy atom. The maximum absolute atomic E-state index is 12.1. The third-order valence-corrected chi connectivity index (χ3v) is 3.90. The molecule has 0 saturated heterocycles. The first-order valence-corrected chi connectivity index (χ1v) is 8.07. The highest BCUT2D eigenvalue weighted by Crippen LogP contribution is 2.30. The summed E-state index contributed by atoms with van der Waals surface area (Å²) < 4.78 is 41.7. The second-order valence-corrected chi connectivity index (χ2v) is 6.01. The molecule has 1 N–H and O–H groups in total. The summed E-state index contributed by atoms with van der Waals surface area (Å²) >= 11 is -0.361. The van der Waals surface area contributed by atoms with Crippen LogP contribution in [0, 0.1) is 0 Å². The van der Waals surface area contributed by atoms with Crippen LogP contribution in [0.5, 0.6) is 5.75 Å². The number of carbonyl (C=O) groups excluding carboxylic acids is 1. The van der Waals surface area contributed by atoms with Gasteiger partial charge >= 0.3 is 5.51 Å². The standard InChI is InChI=1S/C17H16F3NO2S/c1-23-15-8-7-14(21-16(22)11-24-17(18,19)20)10-13(15)9-12-5-3-2-4-6-12/h2-8,10H,9,11H2,1H3,(H,21,22). The van der Waals surface area contributed by atoms with Crippen LogP contribution in [0.2, 0.25) is 0 Å². The maximum Gasteiger partial charge on any atom is 0.442 e. The van der Waals surface area contributed by atoms with Gasteiger partial charge < -0.3 is 10.1 Å². The van der Waals surface area contributed by atoms with E-state index in [1.54, 1.807) is 25.3 Å². The van der Waals surface area contributed by atoms with E-state index in [0.29, 0.717) is 17.9 Å². The summed E-state index contributed by atoms with van der Waals surface area (Å²) in [4.78, 5) is 11.6. The van der Waals surface area contributed by atoms with E-state index >= 15 is 0 Å². The highest BCUT2D eigenvalue weighted by atomic mass is 32.2. The van der Waals surface area contributed by atoms with Gasteiger partial charge in [0.05, 0.1) is 12.9 Å². The van der Waals surface area contributed by atoms with E-state index in [1.807, 2.05) is 30.3 Å². The molecule has 0 fully saturated rings.